The van der Waals surface area contributed by atoms with Crippen LogP contribution in [0.3, 0.4) is 0 Å². The zero-order valence-corrected chi connectivity index (χ0v) is 10.2. The van der Waals surface area contributed by atoms with Crippen LogP contribution in [0.1, 0.15) is 18.2 Å². The molecule has 0 radical (unpaired) electrons. The summed E-state index contributed by atoms with van der Waals surface area (Å²) in [5, 5.41) is 18.7. The van der Waals surface area contributed by atoms with Crippen molar-refractivity contribution in [1.29, 1.82) is 0 Å². The van der Waals surface area contributed by atoms with E-state index in [0.29, 0.717) is 12.0 Å². The molecule has 2 rings (SSSR count). The largest absolute Gasteiger partial charge is 0.468 e. The van der Waals surface area contributed by atoms with Gasteiger partial charge in [-0.15, -0.1) is 0 Å². The van der Waals surface area contributed by atoms with Crippen LogP contribution >= 0.6 is 0 Å². The molecule has 1 fully saturated rings. The van der Waals surface area contributed by atoms with Crippen molar-refractivity contribution < 1.29 is 19.7 Å². The first-order valence-electron chi connectivity index (χ1n) is 5.65. The van der Waals surface area contributed by atoms with Gasteiger partial charge in [0.1, 0.15) is 12.3 Å². The first-order chi connectivity index (χ1) is 8.56. The van der Waals surface area contributed by atoms with E-state index >= 15 is 0 Å². The quantitative estimate of drug-likeness (QED) is 0.735. The molecule has 0 aliphatic carbocycles. The molecule has 1 saturated heterocycles. The summed E-state index contributed by atoms with van der Waals surface area (Å²) in [5.41, 5.74) is 0.0988. The van der Waals surface area contributed by atoms with Crippen LogP contribution in [0.4, 0.5) is 0 Å². The molecule has 0 saturated carbocycles. The molecule has 100 valence electrons. The zero-order valence-electron chi connectivity index (χ0n) is 10.2. The first-order valence-corrected chi connectivity index (χ1v) is 5.65. The van der Waals surface area contributed by atoms with Gasteiger partial charge in [-0.05, 0) is 6.92 Å². The highest BCUT2D eigenvalue weighted by molar-refractivity contribution is 5.09. The summed E-state index contributed by atoms with van der Waals surface area (Å²) < 4.78 is 12.1. The van der Waals surface area contributed by atoms with Gasteiger partial charge in [0.15, 0.2) is 0 Å². The van der Waals surface area contributed by atoms with Crippen LogP contribution in [-0.2, 0) is 4.74 Å². The molecule has 1 aliphatic rings. The normalized spacial score (nSPS) is 27.4. The van der Waals surface area contributed by atoms with Crippen LogP contribution in [-0.4, -0.2) is 45.7 Å². The van der Waals surface area contributed by atoms with Gasteiger partial charge < -0.3 is 19.7 Å². The van der Waals surface area contributed by atoms with Gasteiger partial charge in [-0.2, -0.15) is 4.98 Å². The molecule has 7 heteroatoms. The molecule has 0 spiro atoms. The topological polar surface area (TPSA) is 93.8 Å². The van der Waals surface area contributed by atoms with Crippen LogP contribution in [0.5, 0.6) is 6.01 Å². The summed E-state index contributed by atoms with van der Waals surface area (Å²) in [5.74, 6) is 0. The second-order valence-electron chi connectivity index (χ2n) is 4.24. The van der Waals surface area contributed by atoms with E-state index in [1.165, 1.54) is 7.11 Å². The Morgan fingerprint density at radius 2 is 2.39 bits per heavy atom. The summed E-state index contributed by atoms with van der Waals surface area (Å²) in [6.45, 7) is 1.38. The van der Waals surface area contributed by atoms with E-state index in [4.69, 9.17) is 14.6 Å². The van der Waals surface area contributed by atoms with Crippen molar-refractivity contribution in [3.8, 4) is 6.01 Å². The van der Waals surface area contributed by atoms with E-state index in [0.717, 1.165) is 0 Å². The number of hydrogen-bond donors (Lipinski definition) is 2. The minimum Gasteiger partial charge on any atom is -0.468 e. The highest BCUT2D eigenvalue weighted by Gasteiger charge is 2.35. The third-order valence-corrected chi connectivity index (χ3v) is 2.97. The molecule has 1 aromatic rings. The average molecular weight is 256 g/mol. The molecule has 1 aliphatic heterocycles. The third kappa shape index (κ3) is 2.24. The molecule has 7 nitrogen and oxygen atoms in total. The maximum atomic E-state index is 11.4. The van der Waals surface area contributed by atoms with Crippen LogP contribution in [0.25, 0.3) is 0 Å². The van der Waals surface area contributed by atoms with Crippen LogP contribution in [0, 0.1) is 6.92 Å². The van der Waals surface area contributed by atoms with E-state index in [1.807, 2.05) is 0 Å². The van der Waals surface area contributed by atoms with Gasteiger partial charge >= 0.3 is 6.01 Å². The minimum atomic E-state index is -0.746. The lowest BCUT2D eigenvalue weighted by Crippen LogP contribution is -2.24. The predicted octanol–water partition coefficient (Wildman–Crippen LogP) is -0.799. The van der Waals surface area contributed by atoms with E-state index in [-0.39, 0.29) is 18.2 Å². The summed E-state index contributed by atoms with van der Waals surface area (Å²) >= 11 is 0. The number of aryl methyl sites for hydroxylation is 1. The number of rotatable bonds is 3. The molecule has 0 unspecified atom stereocenters. The van der Waals surface area contributed by atoms with E-state index in [9.17, 15) is 9.90 Å². The van der Waals surface area contributed by atoms with E-state index < -0.39 is 18.4 Å². The molecule has 2 heterocycles. The smallest absolute Gasteiger partial charge is 0.301 e. The lowest BCUT2D eigenvalue weighted by molar-refractivity contribution is -0.0470. The Hall–Kier alpha value is -1.44. The third-order valence-electron chi connectivity index (χ3n) is 2.97. The van der Waals surface area contributed by atoms with Crippen molar-refractivity contribution in [2.45, 2.75) is 31.8 Å². The number of methoxy groups -OCH3 is 1. The van der Waals surface area contributed by atoms with Crippen molar-refractivity contribution in [1.82, 2.24) is 9.55 Å². The lowest BCUT2D eigenvalue weighted by atomic mass is 10.2. The summed E-state index contributed by atoms with van der Waals surface area (Å²) in [6.07, 6.45) is 0.0134. The molecule has 0 aromatic carbocycles. The summed E-state index contributed by atoms with van der Waals surface area (Å²) in [7, 11) is 1.41. The predicted molar refractivity (Wildman–Crippen MR) is 61.4 cm³/mol. The number of aliphatic hydroxyl groups is 2. The first kappa shape index (κ1) is 13.0. The molecule has 0 amide bonds. The fourth-order valence-electron chi connectivity index (χ4n) is 1.96. The Labute approximate surface area is 104 Å². The molecular formula is C11H16N2O5. The molecule has 2 N–H and O–H groups in total. The van der Waals surface area contributed by atoms with Crippen LogP contribution < -0.4 is 10.3 Å². The van der Waals surface area contributed by atoms with Crippen molar-refractivity contribution in [2.75, 3.05) is 13.7 Å². The van der Waals surface area contributed by atoms with Gasteiger partial charge in [-0.1, -0.05) is 0 Å². The number of ether oxygens (including phenoxy) is 2. The lowest BCUT2D eigenvalue weighted by Gasteiger charge is -2.18. The number of aromatic nitrogens is 2. The van der Waals surface area contributed by atoms with Gasteiger partial charge in [0.05, 0.1) is 19.8 Å². The molecule has 1 aromatic heterocycles. The number of nitrogens with zero attached hydrogens (tertiary/aromatic N) is 2. The fraction of sp³-hybridized carbons (Fsp3) is 0.636. The zero-order chi connectivity index (χ0) is 13.3. The standard InChI is InChI=1S/C11H16N2O5/c1-6-4-13(11(17-2)12-10(6)16)9-3-7(15)8(5-14)18-9/h4,7-9,14-15H,3,5H2,1-2H3/t7-,8-,9-/m1/s1. The minimum absolute atomic E-state index is 0.126. The van der Waals surface area contributed by atoms with Crippen LogP contribution in [0.2, 0.25) is 0 Å². The molecule has 18 heavy (non-hydrogen) atoms. The van der Waals surface area contributed by atoms with Crippen molar-refractivity contribution >= 4 is 0 Å². The highest BCUT2D eigenvalue weighted by Crippen LogP contribution is 2.30. The second kappa shape index (κ2) is 5.05. The molecule has 0 bridgehead atoms. The molecule has 3 atom stereocenters. The van der Waals surface area contributed by atoms with Crippen LogP contribution in [0.15, 0.2) is 11.0 Å². The number of aliphatic hydroxyl groups excluding tert-OH is 2. The Morgan fingerprint density at radius 1 is 1.67 bits per heavy atom. The summed E-state index contributed by atoms with van der Waals surface area (Å²) in [4.78, 5) is 15.2. The maximum absolute atomic E-state index is 11.4. The summed E-state index contributed by atoms with van der Waals surface area (Å²) in [6, 6.07) is 0.126. The van der Waals surface area contributed by atoms with Crippen molar-refractivity contribution in [2.24, 2.45) is 0 Å². The van der Waals surface area contributed by atoms with Crippen molar-refractivity contribution in [3.63, 3.8) is 0 Å². The average Bonchev–Trinajstić information content (AvgIpc) is 2.73. The van der Waals surface area contributed by atoms with E-state index in [2.05, 4.69) is 4.98 Å². The second-order valence-corrected chi connectivity index (χ2v) is 4.24. The van der Waals surface area contributed by atoms with E-state index in [1.54, 1.807) is 17.7 Å². The fourth-order valence-corrected chi connectivity index (χ4v) is 1.96. The van der Waals surface area contributed by atoms with Gasteiger partial charge in [0, 0.05) is 18.2 Å². The van der Waals surface area contributed by atoms with Gasteiger partial charge in [0.2, 0.25) is 0 Å². The molecular weight excluding hydrogens is 240 g/mol. The van der Waals surface area contributed by atoms with Gasteiger partial charge in [-0.3, -0.25) is 9.36 Å². The Kier molecular flexibility index (Phi) is 3.65. The van der Waals surface area contributed by atoms with Gasteiger partial charge in [0.25, 0.3) is 5.56 Å². The monoisotopic (exact) mass is 256 g/mol. The Balaban J connectivity index is 2.34. The maximum Gasteiger partial charge on any atom is 0.301 e. The van der Waals surface area contributed by atoms with Crippen molar-refractivity contribution in [3.05, 3.63) is 22.1 Å². The SMILES string of the molecule is COc1nc(=O)c(C)cn1[C@H]1C[C@@H](O)[C@@H](CO)O1. The highest BCUT2D eigenvalue weighted by atomic mass is 16.5. The Morgan fingerprint density at radius 3 is 2.94 bits per heavy atom. The number of hydrogen-bond acceptors (Lipinski definition) is 6. The Bertz CT molecular complexity index is 487. The van der Waals surface area contributed by atoms with Gasteiger partial charge in [-0.25, -0.2) is 0 Å².